The monoisotopic (exact) mass is 315 g/mol. The van der Waals surface area contributed by atoms with Crippen molar-refractivity contribution in [1.82, 2.24) is 10.3 Å². The van der Waals surface area contributed by atoms with Crippen LogP contribution in [0.15, 0.2) is 18.2 Å². The molecule has 1 amide bonds. The summed E-state index contributed by atoms with van der Waals surface area (Å²) >= 11 is 0. The molecule has 0 aromatic heterocycles. The summed E-state index contributed by atoms with van der Waals surface area (Å²) in [7, 11) is -3.00. The van der Waals surface area contributed by atoms with Crippen LogP contribution in [0.4, 0.5) is 4.39 Å². The molecular weight excluding hydrogens is 297 g/mol. The summed E-state index contributed by atoms with van der Waals surface area (Å²) in [6.07, 6.45) is 0.535. The first-order chi connectivity index (χ1) is 9.91. The van der Waals surface area contributed by atoms with E-state index < -0.39 is 21.6 Å². The number of carbonyl (C=O) groups is 1. The number of rotatable bonds is 3. The Hall–Kier alpha value is -1.51. The Morgan fingerprint density at radius 3 is 2.81 bits per heavy atom. The summed E-state index contributed by atoms with van der Waals surface area (Å²) < 4.78 is 36.9. The van der Waals surface area contributed by atoms with Crippen molar-refractivity contribution in [3.8, 4) is 0 Å². The van der Waals surface area contributed by atoms with Gasteiger partial charge in [-0.1, -0.05) is 0 Å². The van der Waals surface area contributed by atoms with E-state index in [1.54, 1.807) is 0 Å². The average molecular weight is 315 g/mol. The van der Waals surface area contributed by atoms with Gasteiger partial charge in [-0.3, -0.25) is 15.1 Å². The van der Waals surface area contributed by atoms with Crippen molar-refractivity contribution in [2.45, 2.75) is 13.0 Å². The van der Waals surface area contributed by atoms with Gasteiger partial charge in [-0.25, -0.2) is 18.7 Å². The summed E-state index contributed by atoms with van der Waals surface area (Å²) in [4.78, 5) is 13.3. The van der Waals surface area contributed by atoms with Crippen LogP contribution in [0.25, 0.3) is 0 Å². The number of amides is 1. The second-order valence-corrected chi connectivity index (χ2v) is 7.36. The second-order valence-electron chi connectivity index (χ2n) is 5.06. The Kier molecular flexibility index (Phi) is 4.92. The highest BCUT2D eigenvalue weighted by Gasteiger charge is 2.20. The van der Waals surface area contributed by atoms with Crippen molar-refractivity contribution in [2.24, 2.45) is 5.84 Å². The lowest BCUT2D eigenvalue weighted by Gasteiger charge is -2.19. The van der Waals surface area contributed by atoms with Gasteiger partial charge in [0.2, 0.25) is 0 Å². The molecule has 0 unspecified atom stereocenters. The number of nitrogens with zero attached hydrogens (tertiary/aromatic N) is 1. The van der Waals surface area contributed by atoms with Gasteiger partial charge in [-0.2, -0.15) is 0 Å². The van der Waals surface area contributed by atoms with Gasteiger partial charge in [-0.05, 0) is 31.2 Å². The van der Waals surface area contributed by atoms with E-state index >= 15 is 0 Å². The SMILES string of the molecule is NNC(=O)c1ccc(F)c(CN2CCCS(=O)(=O)CC2)c1. The van der Waals surface area contributed by atoms with Crippen molar-refractivity contribution in [3.05, 3.63) is 35.1 Å². The Balaban J connectivity index is 2.13. The Labute approximate surface area is 123 Å². The van der Waals surface area contributed by atoms with Crippen molar-refractivity contribution in [2.75, 3.05) is 24.6 Å². The lowest BCUT2D eigenvalue weighted by atomic mass is 10.1. The molecule has 0 atom stereocenters. The maximum atomic E-state index is 13.8. The Morgan fingerprint density at radius 2 is 2.10 bits per heavy atom. The van der Waals surface area contributed by atoms with Gasteiger partial charge in [-0.15, -0.1) is 0 Å². The number of sulfone groups is 1. The molecule has 0 saturated carbocycles. The molecule has 1 fully saturated rings. The minimum atomic E-state index is -3.00. The van der Waals surface area contributed by atoms with Crippen LogP contribution in [0.5, 0.6) is 0 Å². The van der Waals surface area contributed by atoms with Crippen molar-refractivity contribution >= 4 is 15.7 Å². The van der Waals surface area contributed by atoms with Crippen molar-refractivity contribution < 1.29 is 17.6 Å². The fraction of sp³-hybridized carbons (Fsp3) is 0.462. The average Bonchev–Trinajstić information content (AvgIpc) is 2.61. The van der Waals surface area contributed by atoms with Crippen LogP contribution in [-0.2, 0) is 16.4 Å². The van der Waals surface area contributed by atoms with E-state index in [1.807, 2.05) is 10.3 Å². The molecule has 1 aliphatic rings. The molecule has 1 aromatic rings. The molecule has 1 aliphatic heterocycles. The molecule has 0 bridgehead atoms. The first-order valence-electron chi connectivity index (χ1n) is 6.63. The van der Waals surface area contributed by atoms with E-state index in [2.05, 4.69) is 0 Å². The largest absolute Gasteiger partial charge is 0.298 e. The highest BCUT2D eigenvalue weighted by atomic mass is 32.2. The number of nitrogen functional groups attached to an aromatic ring is 1. The van der Waals surface area contributed by atoms with Gasteiger partial charge < -0.3 is 0 Å². The van der Waals surface area contributed by atoms with E-state index in [0.717, 1.165) is 0 Å². The number of benzene rings is 1. The van der Waals surface area contributed by atoms with Crippen LogP contribution in [0, 0.1) is 5.82 Å². The summed E-state index contributed by atoms with van der Waals surface area (Å²) in [6, 6.07) is 4.01. The predicted octanol–water partition coefficient (Wildman–Crippen LogP) is 0.0497. The highest BCUT2D eigenvalue weighted by Crippen LogP contribution is 2.15. The third kappa shape index (κ3) is 4.23. The zero-order valence-corrected chi connectivity index (χ0v) is 12.3. The molecule has 0 radical (unpaired) electrons. The van der Waals surface area contributed by atoms with Gasteiger partial charge in [0.25, 0.3) is 5.91 Å². The molecule has 1 heterocycles. The lowest BCUT2D eigenvalue weighted by Crippen LogP contribution is -2.30. The van der Waals surface area contributed by atoms with E-state index in [-0.39, 0.29) is 23.6 Å². The number of hydrogen-bond donors (Lipinski definition) is 2. The van der Waals surface area contributed by atoms with Crippen LogP contribution >= 0.6 is 0 Å². The maximum absolute atomic E-state index is 13.8. The van der Waals surface area contributed by atoms with E-state index in [4.69, 9.17) is 5.84 Å². The first kappa shape index (κ1) is 15.9. The smallest absolute Gasteiger partial charge is 0.265 e. The number of halogens is 1. The van der Waals surface area contributed by atoms with Crippen LogP contribution in [0.1, 0.15) is 22.3 Å². The summed E-state index contributed by atoms with van der Waals surface area (Å²) in [5.41, 5.74) is 2.63. The standard InChI is InChI=1S/C13H18FN3O3S/c14-12-3-2-10(13(18)16-15)8-11(12)9-17-4-1-6-21(19,20)7-5-17/h2-3,8H,1,4-7,9,15H2,(H,16,18). The molecule has 0 aliphatic carbocycles. The first-order valence-corrected chi connectivity index (χ1v) is 8.45. The minimum Gasteiger partial charge on any atom is -0.298 e. The van der Waals surface area contributed by atoms with E-state index in [1.165, 1.54) is 18.2 Å². The van der Waals surface area contributed by atoms with Crippen LogP contribution < -0.4 is 11.3 Å². The third-order valence-corrected chi connectivity index (χ3v) is 5.20. The number of hydrazine groups is 1. The van der Waals surface area contributed by atoms with Crippen molar-refractivity contribution in [1.29, 1.82) is 0 Å². The number of nitrogens with one attached hydrogen (secondary N) is 1. The zero-order chi connectivity index (χ0) is 15.5. The number of carbonyl (C=O) groups excluding carboxylic acids is 1. The van der Waals surface area contributed by atoms with Crippen molar-refractivity contribution in [3.63, 3.8) is 0 Å². The molecule has 6 nitrogen and oxygen atoms in total. The van der Waals surface area contributed by atoms with Crippen LogP contribution in [0.3, 0.4) is 0 Å². The highest BCUT2D eigenvalue weighted by molar-refractivity contribution is 7.91. The lowest BCUT2D eigenvalue weighted by molar-refractivity contribution is 0.0953. The van der Waals surface area contributed by atoms with Gasteiger partial charge in [0.05, 0.1) is 11.5 Å². The fourth-order valence-corrected chi connectivity index (χ4v) is 3.62. The molecule has 1 aromatic carbocycles. The molecule has 0 spiro atoms. The number of nitrogens with two attached hydrogens (primary N) is 1. The molecule has 1 saturated heterocycles. The quantitative estimate of drug-likeness (QED) is 0.467. The van der Waals surface area contributed by atoms with Crippen LogP contribution in [0.2, 0.25) is 0 Å². The topological polar surface area (TPSA) is 92.5 Å². The summed E-state index contributed by atoms with van der Waals surface area (Å²) in [5, 5.41) is 0. The molecular formula is C13H18FN3O3S. The second kappa shape index (κ2) is 6.50. The summed E-state index contributed by atoms with van der Waals surface area (Å²) in [5.74, 6) is 4.39. The maximum Gasteiger partial charge on any atom is 0.265 e. The summed E-state index contributed by atoms with van der Waals surface area (Å²) in [6.45, 7) is 1.23. The fourth-order valence-electron chi connectivity index (χ4n) is 2.31. The van der Waals surface area contributed by atoms with Gasteiger partial charge in [0.15, 0.2) is 9.84 Å². The predicted molar refractivity (Wildman–Crippen MR) is 76.6 cm³/mol. The number of hydrogen-bond acceptors (Lipinski definition) is 5. The van der Waals surface area contributed by atoms with E-state index in [0.29, 0.717) is 25.1 Å². The van der Waals surface area contributed by atoms with Gasteiger partial charge >= 0.3 is 0 Å². The Morgan fingerprint density at radius 1 is 1.33 bits per heavy atom. The molecule has 116 valence electrons. The normalized spacial score (nSPS) is 19.0. The minimum absolute atomic E-state index is 0.0809. The third-order valence-electron chi connectivity index (χ3n) is 3.48. The van der Waals surface area contributed by atoms with Gasteiger partial charge in [0, 0.05) is 24.2 Å². The molecule has 2 rings (SSSR count). The van der Waals surface area contributed by atoms with Crippen LogP contribution in [-0.4, -0.2) is 43.8 Å². The molecule has 8 heteroatoms. The van der Waals surface area contributed by atoms with Gasteiger partial charge in [0.1, 0.15) is 5.82 Å². The molecule has 3 N–H and O–H groups in total. The zero-order valence-electron chi connectivity index (χ0n) is 11.5. The van der Waals surface area contributed by atoms with E-state index in [9.17, 15) is 17.6 Å². The molecule has 21 heavy (non-hydrogen) atoms. The Bertz CT molecular complexity index is 634.